The van der Waals surface area contributed by atoms with Gasteiger partial charge in [-0.2, -0.15) is 0 Å². The number of aromatic nitrogens is 1. The smallest absolute Gasteiger partial charge is 0.124 e. The summed E-state index contributed by atoms with van der Waals surface area (Å²) in [6.07, 6.45) is 0.996. The third-order valence-corrected chi connectivity index (χ3v) is 5.53. The van der Waals surface area contributed by atoms with Crippen molar-refractivity contribution in [2.75, 3.05) is 0 Å². The van der Waals surface area contributed by atoms with E-state index in [1.165, 1.54) is 21.6 Å². The molecule has 98 valence electrons. The molecule has 4 heteroatoms. The largest absolute Gasteiger partial charge is 0.236 e. The van der Waals surface area contributed by atoms with Gasteiger partial charge in [0.25, 0.3) is 0 Å². The average molecular weight is 407 g/mol. The van der Waals surface area contributed by atoms with E-state index in [9.17, 15) is 0 Å². The number of fused-ring (bicyclic) bond motifs is 3. The van der Waals surface area contributed by atoms with Crippen molar-refractivity contribution in [1.82, 2.24) is 4.98 Å². The maximum atomic E-state index is 4.86. The fourth-order valence-corrected chi connectivity index (χ4v) is 4.44. The molecular weight excluding hydrogens is 398 g/mol. The zero-order valence-electron chi connectivity index (χ0n) is 10.4. The molecule has 0 bridgehead atoms. The van der Waals surface area contributed by atoms with E-state index in [1.54, 1.807) is 11.3 Å². The molecule has 0 N–H and O–H groups in total. The van der Waals surface area contributed by atoms with Gasteiger partial charge in [-0.15, -0.1) is 11.3 Å². The maximum absolute atomic E-state index is 4.86. The molecule has 1 aliphatic rings. The van der Waals surface area contributed by atoms with Crippen LogP contribution >= 0.6 is 43.2 Å². The topological polar surface area (TPSA) is 12.9 Å². The van der Waals surface area contributed by atoms with Crippen molar-refractivity contribution in [3.63, 3.8) is 0 Å². The lowest BCUT2D eigenvalue weighted by Gasteiger charge is -2.01. The molecule has 2 aromatic carbocycles. The van der Waals surface area contributed by atoms with Crippen molar-refractivity contribution in [2.45, 2.75) is 6.42 Å². The molecule has 0 radical (unpaired) electrons. The van der Waals surface area contributed by atoms with Gasteiger partial charge in [-0.25, -0.2) is 4.98 Å². The van der Waals surface area contributed by atoms with E-state index in [0.29, 0.717) is 0 Å². The summed E-state index contributed by atoms with van der Waals surface area (Å²) in [5.74, 6) is 0. The van der Waals surface area contributed by atoms with E-state index >= 15 is 0 Å². The molecule has 0 aliphatic heterocycles. The fraction of sp³-hybridized carbons (Fsp3) is 0.0625. The molecule has 0 atom stereocenters. The van der Waals surface area contributed by atoms with E-state index in [4.69, 9.17) is 4.98 Å². The number of hydrogen-bond acceptors (Lipinski definition) is 2. The Labute approximate surface area is 137 Å². The molecule has 0 spiro atoms. The van der Waals surface area contributed by atoms with Crippen LogP contribution in [0.1, 0.15) is 10.4 Å². The third kappa shape index (κ3) is 2.07. The Bertz CT molecular complexity index is 823. The van der Waals surface area contributed by atoms with Crippen molar-refractivity contribution in [3.05, 3.63) is 61.9 Å². The second kappa shape index (κ2) is 4.79. The van der Waals surface area contributed by atoms with E-state index in [-0.39, 0.29) is 0 Å². The number of hydrogen-bond donors (Lipinski definition) is 0. The Hall–Kier alpha value is -0.970. The summed E-state index contributed by atoms with van der Waals surface area (Å²) in [5, 5.41) is 1.10. The Balaban J connectivity index is 1.83. The second-order valence-electron chi connectivity index (χ2n) is 4.78. The molecule has 3 aromatic rings. The van der Waals surface area contributed by atoms with Gasteiger partial charge in [0.05, 0.1) is 5.69 Å². The summed E-state index contributed by atoms with van der Waals surface area (Å²) in [4.78, 5) is 6.22. The molecule has 0 saturated carbocycles. The Morgan fingerprint density at radius 1 is 1.00 bits per heavy atom. The first kappa shape index (κ1) is 12.7. The van der Waals surface area contributed by atoms with E-state index in [1.807, 2.05) is 6.07 Å². The second-order valence-corrected chi connectivity index (χ2v) is 7.69. The summed E-state index contributed by atoms with van der Waals surface area (Å²) in [6, 6.07) is 14.8. The van der Waals surface area contributed by atoms with Gasteiger partial charge in [-0.3, -0.25) is 0 Å². The van der Waals surface area contributed by atoms with Crippen molar-refractivity contribution in [2.24, 2.45) is 0 Å². The minimum atomic E-state index is 0.996. The van der Waals surface area contributed by atoms with Gasteiger partial charge in [0.1, 0.15) is 5.01 Å². The van der Waals surface area contributed by atoms with Gasteiger partial charge < -0.3 is 0 Å². The van der Waals surface area contributed by atoms with Crippen LogP contribution in [-0.2, 0) is 6.42 Å². The van der Waals surface area contributed by atoms with Crippen LogP contribution in [0.4, 0.5) is 0 Å². The normalized spacial score (nSPS) is 12.3. The highest BCUT2D eigenvalue weighted by atomic mass is 79.9. The zero-order chi connectivity index (χ0) is 13.7. The molecule has 4 rings (SSSR count). The quantitative estimate of drug-likeness (QED) is 0.383. The molecular formula is C16H9Br2NS. The predicted molar refractivity (Wildman–Crippen MR) is 91.2 cm³/mol. The standard InChI is InChI=1S/C16H9Br2NS/c17-11-3-1-2-9(6-11)16-19-15-13-5-4-12(18)7-10(13)8-14(15)20-16/h1-7H,8H2. The molecule has 0 fully saturated rings. The highest BCUT2D eigenvalue weighted by molar-refractivity contribution is 9.10. The Morgan fingerprint density at radius 3 is 2.70 bits per heavy atom. The molecule has 0 unspecified atom stereocenters. The van der Waals surface area contributed by atoms with Gasteiger partial charge >= 0.3 is 0 Å². The number of rotatable bonds is 1. The summed E-state index contributed by atoms with van der Waals surface area (Å²) in [6.45, 7) is 0. The molecule has 0 amide bonds. The van der Waals surface area contributed by atoms with Crippen LogP contribution in [0.25, 0.3) is 21.8 Å². The van der Waals surface area contributed by atoms with E-state index in [0.717, 1.165) is 26.1 Å². The highest BCUT2D eigenvalue weighted by Gasteiger charge is 2.23. The van der Waals surface area contributed by atoms with Gasteiger partial charge in [-0.05, 0) is 29.8 Å². The predicted octanol–water partition coefficient (Wildman–Crippen LogP) is 5.91. The van der Waals surface area contributed by atoms with Gasteiger partial charge in [0.15, 0.2) is 0 Å². The number of benzene rings is 2. The van der Waals surface area contributed by atoms with Gasteiger partial charge in [-0.1, -0.05) is 50.1 Å². The summed E-state index contributed by atoms with van der Waals surface area (Å²) < 4.78 is 2.23. The van der Waals surface area contributed by atoms with Gasteiger partial charge in [0, 0.05) is 31.4 Å². The molecule has 1 aliphatic carbocycles. The average Bonchev–Trinajstić information content (AvgIpc) is 2.95. The minimum Gasteiger partial charge on any atom is -0.236 e. The van der Waals surface area contributed by atoms with Crippen LogP contribution in [0.3, 0.4) is 0 Å². The first-order chi connectivity index (χ1) is 9.70. The molecule has 1 heterocycles. The lowest BCUT2D eigenvalue weighted by molar-refractivity contribution is 1.30. The van der Waals surface area contributed by atoms with Crippen LogP contribution in [-0.4, -0.2) is 4.98 Å². The minimum absolute atomic E-state index is 0.996. The SMILES string of the molecule is Brc1cccc(-c2nc3c(s2)Cc2cc(Br)ccc2-3)c1. The lowest BCUT2D eigenvalue weighted by atomic mass is 10.1. The molecule has 1 nitrogen and oxygen atoms in total. The summed E-state index contributed by atoms with van der Waals surface area (Å²) in [5.41, 5.74) is 4.99. The number of nitrogens with zero attached hydrogens (tertiary/aromatic N) is 1. The highest BCUT2D eigenvalue weighted by Crippen LogP contribution is 2.43. The van der Waals surface area contributed by atoms with Gasteiger partial charge in [0.2, 0.25) is 0 Å². The van der Waals surface area contributed by atoms with E-state index in [2.05, 4.69) is 68.3 Å². The van der Waals surface area contributed by atoms with Crippen molar-refractivity contribution < 1.29 is 0 Å². The first-order valence-electron chi connectivity index (χ1n) is 6.25. The van der Waals surface area contributed by atoms with Crippen molar-refractivity contribution >= 4 is 43.2 Å². The maximum Gasteiger partial charge on any atom is 0.124 e. The van der Waals surface area contributed by atoms with Crippen LogP contribution in [0.5, 0.6) is 0 Å². The first-order valence-corrected chi connectivity index (χ1v) is 8.65. The lowest BCUT2D eigenvalue weighted by Crippen LogP contribution is -1.82. The van der Waals surface area contributed by atoms with Crippen molar-refractivity contribution in [1.29, 1.82) is 0 Å². The summed E-state index contributed by atoms with van der Waals surface area (Å²) in [7, 11) is 0. The van der Waals surface area contributed by atoms with Crippen LogP contribution in [0.2, 0.25) is 0 Å². The Morgan fingerprint density at radius 2 is 1.85 bits per heavy atom. The van der Waals surface area contributed by atoms with Crippen LogP contribution < -0.4 is 0 Å². The third-order valence-electron chi connectivity index (χ3n) is 3.44. The molecule has 0 saturated heterocycles. The fourth-order valence-electron chi connectivity index (χ4n) is 2.54. The molecule has 20 heavy (non-hydrogen) atoms. The van der Waals surface area contributed by atoms with Crippen molar-refractivity contribution in [3.8, 4) is 21.8 Å². The number of thiazole rings is 1. The number of halogens is 2. The Kier molecular flexibility index (Phi) is 3.05. The molecule has 1 aromatic heterocycles. The zero-order valence-corrected chi connectivity index (χ0v) is 14.3. The van der Waals surface area contributed by atoms with Crippen LogP contribution in [0.15, 0.2) is 51.4 Å². The monoisotopic (exact) mass is 405 g/mol. The van der Waals surface area contributed by atoms with E-state index < -0.39 is 0 Å². The summed E-state index contributed by atoms with van der Waals surface area (Å²) >= 11 is 8.86. The van der Waals surface area contributed by atoms with Crippen LogP contribution in [0, 0.1) is 0 Å².